The predicted molar refractivity (Wildman–Crippen MR) is 274 cm³/mol. The molecule has 3 aromatic heterocycles. The summed E-state index contributed by atoms with van der Waals surface area (Å²) in [7, 11) is 0. The number of pyridine rings is 1. The van der Waals surface area contributed by atoms with Crippen molar-refractivity contribution >= 4 is 32.8 Å². The summed E-state index contributed by atoms with van der Waals surface area (Å²) >= 11 is 0. The Kier molecular flexibility index (Phi) is 5.64. The van der Waals surface area contributed by atoms with Crippen molar-refractivity contribution < 1.29 is 70.1 Å². The van der Waals surface area contributed by atoms with Gasteiger partial charge in [-0.1, -0.05) is 157 Å². The second kappa shape index (κ2) is 16.9. The number of hydrogen-bond acceptors (Lipinski definition) is 2. The van der Waals surface area contributed by atoms with E-state index in [0.29, 0.717) is 38.4 Å². The van der Waals surface area contributed by atoms with Gasteiger partial charge in [0.15, 0.2) is 0 Å². The molecule has 68 heavy (non-hydrogen) atoms. The van der Waals surface area contributed by atoms with Gasteiger partial charge in [-0.3, -0.25) is 4.57 Å². The van der Waals surface area contributed by atoms with Crippen molar-refractivity contribution in [3.05, 3.63) is 198 Å². The molecule has 0 bridgehead atoms. The van der Waals surface area contributed by atoms with Crippen molar-refractivity contribution in [3.63, 3.8) is 0 Å². The molecule has 11 rings (SSSR count). The first kappa shape index (κ1) is 22.7. The van der Waals surface area contributed by atoms with E-state index in [1.54, 1.807) is 109 Å². The summed E-state index contributed by atoms with van der Waals surface area (Å²) in [4.78, 5) is 4.62. The summed E-state index contributed by atoms with van der Waals surface area (Å²) in [5.41, 5.74) is -13.5. The Bertz CT molecular complexity index is 4840. The first-order chi connectivity index (χ1) is 44.0. The normalized spacial score (nSPS) is 23.1. The van der Waals surface area contributed by atoms with E-state index in [4.69, 9.17) is 34.9 Å². The van der Waals surface area contributed by atoms with E-state index in [9.17, 15) is 9.60 Å². The van der Waals surface area contributed by atoms with Gasteiger partial charge in [-0.2, -0.15) is 18.2 Å². The van der Waals surface area contributed by atoms with Crippen molar-refractivity contribution in [2.24, 2.45) is 0 Å². The SMILES string of the molecule is [2H]c1c([2H])c([2H])c(C([2H])([2H])[2H])c(-c2cnc(-n3c4[c-]c(Oc5[c-]c(-n6[c-][n+](-c7c(-c8c([2H])c([2H])c9c(c8[2H])C(C([2H])([2H])[2H])(C([2H])([2H])[2H])C([2H])([2H])C([2H])([2H])C9(C([2H])([2H])[2H])C([2H])([2H])[2H])cccc7C(C)(C)C)c7ccccc76)ccc5)ccc4c4ccccc43)cc2C([2H])([2H])[2H])c1[2H].[Pt]. The van der Waals surface area contributed by atoms with Gasteiger partial charge in [-0.15, -0.1) is 29.7 Å². The zero-order valence-electron chi connectivity index (χ0n) is 65.4. The van der Waals surface area contributed by atoms with Gasteiger partial charge in [-0.25, -0.2) is 4.98 Å². The molecule has 0 N–H and O–H groups in total. The molecule has 3 heterocycles. The van der Waals surface area contributed by atoms with Gasteiger partial charge in [-0.05, 0) is 110 Å². The average Bonchev–Trinajstić information content (AvgIpc) is 1.04. The molecule has 0 amide bonds. The molecule has 5 nitrogen and oxygen atoms in total. The number of imidazole rings is 1. The van der Waals surface area contributed by atoms with E-state index >= 15 is 0 Å². The Labute approximate surface area is 456 Å². The zero-order chi connectivity index (χ0) is 71.1. The van der Waals surface area contributed by atoms with Crippen molar-refractivity contribution in [1.29, 1.82) is 0 Å². The summed E-state index contributed by atoms with van der Waals surface area (Å²) < 4.78 is 268. The first-order valence-electron chi connectivity index (χ1n) is 35.6. The van der Waals surface area contributed by atoms with E-state index in [1.165, 1.54) is 22.8 Å². The number of benzene rings is 7. The number of ether oxygens (including phenoxy) is 1. The van der Waals surface area contributed by atoms with Crippen molar-refractivity contribution in [2.75, 3.05) is 0 Å². The molecule has 342 valence electrons. The quantitative estimate of drug-likeness (QED) is 0.118. The molecule has 10 aromatic rings. The summed E-state index contributed by atoms with van der Waals surface area (Å²) in [6.07, 6.45) is -4.66. The number of fused-ring (bicyclic) bond motifs is 5. The molecule has 1 aliphatic rings. The van der Waals surface area contributed by atoms with Gasteiger partial charge >= 0.3 is 0 Å². The molecule has 7 aromatic carbocycles. The molecule has 0 atom stereocenters. The van der Waals surface area contributed by atoms with E-state index in [2.05, 4.69) is 23.4 Å². The number of aryl methyl sites for hydroxylation is 1. The fourth-order valence-electron chi connectivity index (χ4n) is 8.61. The van der Waals surface area contributed by atoms with Gasteiger partial charge in [0.05, 0.1) is 26.3 Å². The maximum atomic E-state index is 10.1. The van der Waals surface area contributed by atoms with E-state index in [0.717, 1.165) is 6.20 Å². The molecule has 0 saturated heterocycles. The summed E-state index contributed by atoms with van der Waals surface area (Å²) in [5, 5.41) is 1.28. The van der Waals surface area contributed by atoms with Crippen LogP contribution < -0.4 is 9.30 Å². The van der Waals surface area contributed by atoms with Gasteiger partial charge in [0.1, 0.15) is 5.82 Å². The molecule has 0 fully saturated rings. The molecular weight excluding hydrogens is 1010 g/mol. The minimum Gasteiger partial charge on any atom is -0.510 e. The largest absolute Gasteiger partial charge is 0.510 e. The van der Waals surface area contributed by atoms with Gasteiger partial charge in [0, 0.05) is 80.0 Å². The van der Waals surface area contributed by atoms with E-state index in [1.807, 2.05) is 6.07 Å². The Hall–Kier alpha value is -6.55. The standard InChI is InChI=1S/C62H56N4O.Pt/c1-40-18-10-11-21-46(40)50-38-63-58(34-41(50)2)66-54-25-13-12-22-48(54)49-30-29-45(37-57(49)66)67-44-20-16-19-43(36-44)64-39-65(56-27-15-14-26-55(56)64)59-47(23-17-24-52(59)60(3,4)5)42-28-31-51-53(35-42)62(8,9)33-32-61(51,6)7;/h10-31,34-35,38H,32-33H2,1-9H3;/q-2;/i1D3,2D3,6D3,7D3,8D3,9D3,10D,11D,18D,21D,28D,31D,32D2,33D2,35D;. The Balaban J connectivity index is 0.0000102. The van der Waals surface area contributed by atoms with Gasteiger partial charge in [0.25, 0.3) is 6.33 Å². The monoisotopic (exact) mass is 1100 g/mol. The third kappa shape index (κ3) is 7.70. The van der Waals surface area contributed by atoms with Crippen LogP contribution in [-0.2, 0) is 37.3 Å². The van der Waals surface area contributed by atoms with Crippen molar-refractivity contribution in [1.82, 2.24) is 14.1 Å². The van der Waals surface area contributed by atoms with E-state index < -0.39 is 146 Å². The fraction of sp³-hybridized carbons (Fsp3) is 0.226. The second-order valence-corrected chi connectivity index (χ2v) is 17.2. The average molecular weight is 1100 g/mol. The molecule has 0 unspecified atom stereocenters. The van der Waals surface area contributed by atoms with Crippen LogP contribution in [0.1, 0.15) is 128 Å². The minimum atomic E-state index is -4.53. The molecule has 6 heteroatoms. The molecular formula is C62H56N4OPt-2. The summed E-state index contributed by atoms with van der Waals surface area (Å²) in [5.74, 6) is 0.209. The van der Waals surface area contributed by atoms with Gasteiger partial charge < -0.3 is 13.9 Å². The maximum absolute atomic E-state index is 10.1. The molecule has 1 aliphatic carbocycles. The maximum Gasteiger partial charge on any atom is 0.268 e. The molecule has 0 spiro atoms. The second-order valence-electron chi connectivity index (χ2n) is 17.2. The molecule has 0 radical (unpaired) electrons. The number of hydrogen-bond donors (Lipinski definition) is 0. The van der Waals surface area contributed by atoms with Crippen LogP contribution in [0.2, 0.25) is 0 Å². The van der Waals surface area contributed by atoms with Crippen LogP contribution in [0.15, 0.2) is 152 Å². The number of nitrogens with zero attached hydrogens (tertiary/aromatic N) is 4. The van der Waals surface area contributed by atoms with Crippen LogP contribution in [-0.4, -0.2) is 14.1 Å². The van der Waals surface area contributed by atoms with Crippen molar-refractivity contribution in [3.8, 4) is 50.9 Å². The van der Waals surface area contributed by atoms with Crippen LogP contribution in [0.3, 0.4) is 0 Å². The summed E-state index contributed by atoms with van der Waals surface area (Å²) in [6.45, 7) is -17.7. The number of para-hydroxylation sites is 4. The molecule has 0 aliphatic heterocycles. The number of aromatic nitrogens is 4. The van der Waals surface area contributed by atoms with Crippen LogP contribution in [0.5, 0.6) is 11.5 Å². The predicted octanol–water partition coefficient (Wildman–Crippen LogP) is 15.2. The topological polar surface area (TPSA) is 35.9 Å². The Morgan fingerprint density at radius 2 is 1.47 bits per heavy atom. The first-order valence-corrected chi connectivity index (χ1v) is 21.1. The van der Waals surface area contributed by atoms with E-state index in [-0.39, 0.29) is 60.9 Å². The fourth-order valence-corrected chi connectivity index (χ4v) is 8.61. The number of rotatable bonds is 7. The third-order valence-corrected chi connectivity index (χ3v) is 11.7. The van der Waals surface area contributed by atoms with Crippen LogP contribution in [0.4, 0.5) is 0 Å². The summed E-state index contributed by atoms with van der Waals surface area (Å²) in [6, 6.07) is 27.1. The molecule has 0 saturated carbocycles. The van der Waals surface area contributed by atoms with Gasteiger partial charge in [0.2, 0.25) is 0 Å². The van der Waals surface area contributed by atoms with Crippen LogP contribution >= 0.6 is 0 Å². The van der Waals surface area contributed by atoms with Crippen LogP contribution in [0, 0.1) is 32.2 Å². The smallest absolute Gasteiger partial charge is 0.268 e. The minimum absolute atomic E-state index is 0. The Morgan fingerprint density at radius 1 is 0.721 bits per heavy atom. The third-order valence-electron chi connectivity index (χ3n) is 11.7. The zero-order valence-corrected chi connectivity index (χ0v) is 38.7. The van der Waals surface area contributed by atoms with Crippen molar-refractivity contribution in [2.45, 2.75) is 90.9 Å². The van der Waals surface area contributed by atoms with Crippen LogP contribution in [0.25, 0.3) is 72.3 Å². The Morgan fingerprint density at radius 3 is 2.28 bits per heavy atom.